The van der Waals surface area contributed by atoms with Gasteiger partial charge in [-0.05, 0) is 37.1 Å². The van der Waals surface area contributed by atoms with Gasteiger partial charge >= 0.3 is 0 Å². The Kier molecular flexibility index (Phi) is 4.71. The van der Waals surface area contributed by atoms with E-state index in [4.69, 9.17) is 4.74 Å². The minimum Gasteiger partial charge on any atom is -0.497 e. The predicted octanol–water partition coefficient (Wildman–Crippen LogP) is 3.67. The van der Waals surface area contributed by atoms with Crippen molar-refractivity contribution in [3.05, 3.63) is 88.6 Å². The Morgan fingerprint density at radius 3 is 2.65 bits per heavy atom. The molecule has 154 valence electrons. The normalized spacial score (nSPS) is 11.3. The summed E-state index contributed by atoms with van der Waals surface area (Å²) >= 11 is 0. The third kappa shape index (κ3) is 3.44. The molecular formula is C24H21N5O2. The number of hydrogen-bond acceptors (Lipinski definition) is 5. The van der Waals surface area contributed by atoms with Crippen LogP contribution in [0.3, 0.4) is 0 Å². The fraction of sp³-hybridized carbons (Fsp3) is 0.167. The third-order valence-electron chi connectivity index (χ3n) is 5.34. The first-order valence-electron chi connectivity index (χ1n) is 10.1. The molecule has 0 spiro atoms. The highest BCUT2D eigenvalue weighted by atomic mass is 16.5. The smallest absolute Gasteiger partial charge is 0.262 e. The van der Waals surface area contributed by atoms with Gasteiger partial charge in [0.05, 0.1) is 23.7 Å². The van der Waals surface area contributed by atoms with Crippen molar-refractivity contribution in [1.82, 2.24) is 24.1 Å². The lowest BCUT2D eigenvalue weighted by atomic mass is 10.1. The molecule has 3 aromatic heterocycles. The van der Waals surface area contributed by atoms with Crippen LogP contribution < -0.4 is 10.3 Å². The van der Waals surface area contributed by atoms with Crippen LogP contribution in [-0.2, 0) is 13.0 Å². The van der Waals surface area contributed by atoms with Gasteiger partial charge in [0.25, 0.3) is 11.3 Å². The molecule has 0 aliphatic heterocycles. The maximum absolute atomic E-state index is 13.6. The summed E-state index contributed by atoms with van der Waals surface area (Å²) in [6.45, 7) is 2.39. The van der Waals surface area contributed by atoms with Crippen LogP contribution in [0.1, 0.15) is 11.4 Å². The van der Waals surface area contributed by atoms with Crippen LogP contribution in [0.5, 0.6) is 5.75 Å². The van der Waals surface area contributed by atoms with Crippen molar-refractivity contribution < 1.29 is 4.74 Å². The molecule has 0 atom stereocenters. The van der Waals surface area contributed by atoms with E-state index in [1.807, 2.05) is 55.5 Å². The zero-order valence-corrected chi connectivity index (χ0v) is 17.3. The van der Waals surface area contributed by atoms with E-state index in [-0.39, 0.29) is 5.56 Å². The number of fused-ring (bicyclic) bond motifs is 2. The van der Waals surface area contributed by atoms with Crippen molar-refractivity contribution in [3.8, 4) is 17.0 Å². The quantitative estimate of drug-likeness (QED) is 0.441. The van der Waals surface area contributed by atoms with Crippen molar-refractivity contribution in [2.24, 2.45) is 0 Å². The monoisotopic (exact) mass is 411 g/mol. The molecule has 0 saturated carbocycles. The number of pyridine rings is 1. The van der Waals surface area contributed by atoms with E-state index in [9.17, 15) is 4.79 Å². The topological polar surface area (TPSA) is 74.3 Å². The lowest BCUT2D eigenvalue weighted by molar-refractivity contribution is 0.415. The van der Waals surface area contributed by atoms with Crippen LogP contribution >= 0.6 is 0 Å². The van der Waals surface area contributed by atoms with E-state index in [0.717, 1.165) is 12.0 Å². The number of aromatic nitrogens is 5. The van der Waals surface area contributed by atoms with Crippen molar-refractivity contribution in [3.63, 3.8) is 0 Å². The standard InChI is InChI=1S/C24H21N5O2/c1-16-25-24-26-20-12-14-28(13-11-17-7-4-3-5-8-17)23(30)21(20)22(29(24)27-16)18-9-6-10-19(15-18)31-2/h3-10,12,14-15H,11,13H2,1-2H3. The van der Waals surface area contributed by atoms with Crippen molar-refractivity contribution >= 4 is 16.7 Å². The van der Waals surface area contributed by atoms with Gasteiger partial charge in [0.1, 0.15) is 11.6 Å². The van der Waals surface area contributed by atoms with Crippen LogP contribution in [0.15, 0.2) is 71.7 Å². The summed E-state index contributed by atoms with van der Waals surface area (Å²) in [4.78, 5) is 22.6. The summed E-state index contributed by atoms with van der Waals surface area (Å²) in [5, 5.41) is 5.03. The van der Waals surface area contributed by atoms with Crippen molar-refractivity contribution in [2.45, 2.75) is 19.9 Å². The first kappa shape index (κ1) is 19.0. The number of methoxy groups -OCH3 is 1. The van der Waals surface area contributed by atoms with Gasteiger partial charge in [-0.15, -0.1) is 5.10 Å². The minimum absolute atomic E-state index is 0.103. The fourth-order valence-electron chi connectivity index (χ4n) is 3.83. The van der Waals surface area contributed by atoms with E-state index < -0.39 is 0 Å². The number of benzene rings is 2. The molecule has 5 rings (SSSR count). The number of aryl methyl sites for hydroxylation is 3. The molecule has 0 radical (unpaired) electrons. The number of ether oxygens (including phenoxy) is 1. The lowest BCUT2D eigenvalue weighted by Crippen LogP contribution is -2.22. The largest absolute Gasteiger partial charge is 0.497 e. The van der Waals surface area contributed by atoms with Crippen molar-refractivity contribution in [1.29, 1.82) is 0 Å². The van der Waals surface area contributed by atoms with E-state index in [1.54, 1.807) is 22.4 Å². The molecule has 0 aliphatic rings. The van der Waals surface area contributed by atoms with Crippen molar-refractivity contribution in [2.75, 3.05) is 7.11 Å². The molecule has 0 amide bonds. The van der Waals surface area contributed by atoms with Crippen LogP contribution in [0.2, 0.25) is 0 Å². The first-order chi connectivity index (χ1) is 15.1. The fourth-order valence-corrected chi connectivity index (χ4v) is 3.83. The molecule has 31 heavy (non-hydrogen) atoms. The Morgan fingerprint density at radius 1 is 1.00 bits per heavy atom. The van der Waals surface area contributed by atoms with Gasteiger partial charge in [-0.3, -0.25) is 4.79 Å². The molecule has 7 heteroatoms. The third-order valence-corrected chi connectivity index (χ3v) is 5.34. The molecule has 0 unspecified atom stereocenters. The molecular weight excluding hydrogens is 390 g/mol. The molecule has 0 aliphatic carbocycles. The SMILES string of the molecule is COc1cccc(-c2c3c(=O)n(CCc4ccccc4)ccc3nc3nc(C)nn23)c1. The van der Waals surface area contributed by atoms with Crippen LogP contribution in [0.25, 0.3) is 27.9 Å². The maximum Gasteiger partial charge on any atom is 0.262 e. The molecule has 2 aromatic carbocycles. The second-order valence-corrected chi connectivity index (χ2v) is 7.37. The van der Waals surface area contributed by atoms with E-state index in [1.165, 1.54) is 5.56 Å². The Labute approximate surface area is 178 Å². The van der Waals surface area contributed by atoms with Crippen LogP contribution in [-0.4, -0.2) is 31.3 Å². The van der Waals surface area contributed by atoms with E-state index in [0.29, 0.717) is 40.5 Å². The molecule has 0 saturated heterocycles. The zero-order chi connectivity index (χ0) is 21.4. The second kappa shape index (κ2) is 7.68. The zero-order valence-electron chi connectivity index (χ0n) is 17.3. The number of nitrogens with zero attached hydrogens (tertiary/aromatic N) is 5. The van der Waals surface area contributed by atoms with Gasteiger partial charge in [-0.25, -0.2) is 4.98 Å². The van der Waals surface area contributed by atoms with E-state index >= 15 is 0 Å². The average Bonchev–Trinajstić information content (AvgIpc) is 3.17. The van der Waals surface area contributed by atoms with Crippen LogP contribution in [0, 0.1) is 6.92 Å². The Hall–Kier alpha value is -4.00. The summed E-state index contributed by atoms with van der Waals surface area (Å²) in [6.07, 6.45) is 2.56. The highest BCUT2D eigenvalue weighted by Crippen LogP contribution is 2.28. The van der Waals surface area contributed by atoms with Gasteiger partial charge in [0.15, 0.2) is 0 Å². The Balaban J connectivity index is 1.73. The summed E-state index contributed by atoms with van der Waals surface area (Å²) in [7, 11) is 1.62. The summed E-state index contributed by atoms with van der Waals surface area (Å²) in [5.74, 6) is 1.76. The maximum atomic E-state index is 13.6. The van der Waals surface area contributed by atoms with Gasteiger partial charge < -0.3 is 9.30 Å². The molecule has 0 N–H and O–H groups in total. The van der Waals surface area contributed by atoms with E-state index in [2.05, 4.69) is 27.2 Å². The molecule has 7 nitrogen and oxygen atoms in total. The van der Waals surface area contributed by atoms with Gasteiger partial charge in [0, 0.05) is 18.3 Å². The Bertz CT molecular complexity index is 1450. The van der Waals surface area contributed by atoms with Gasteiger partial charge in [-0.2, -0.15) is 9.50 Å². The molecule has 3 heterocycles. The number of rotatable bonds is 5. The lowest BCUT2D eigenvalue weighted by Gasteiger charge is -2.12. The minimum atomic E-state index is -0.103. The molecule has 5 aromatic rings. The predicted molar refractivity (Wildman–Crippen MR) is 119 cm³/mol. The molecule has 0 bridgehead atoms. The van der Waals surface area contributed by atoms with Gasteiger partial charge in [-0.1, -0.05) is 42.5 Å². The second-order valence-electron chi connectivity index (χ2n) is 7.37. The summed E-state index contributed by atoms with van der Waals surface area (Å²) in [5.41, 5.74) is 3.16. The Morgan fingerprint density at radius 2 is 1.84 bits per heavy atom. The number of hydrogen-bond donors (Lipinski definition) is 0. The van der Waals surface area contributed by atoms with Gasteiger partial charge in [0.2, 0.25) is 0 Å². The molecule has 0 fully saturated rings. The first-order valence-corrected chi connectivity index (χ1v) is 10.1. The highest BCUT2D eigenvalue weighted by molar-refractivity contribution is 5.93. The highest BCUT2D eigenvalue weighted by Gasteiger charge is 2.18. The summed E-state index contributed by atoms with van der Waals surface area (Å²) in [6, 6.07) is 19.6. The van der Waals surface area contributed by atoms with Crippen LogP contribution in [0.4, 0.5) is 0 Å². The average molecular weight is 411 g/mol. The summed E-state index contributed by atoms with van der Waals surface area (Å²) < 4.78 is 8.78.